The fraction of sp³-hybridized carbons (Fsp3) is 0.733. The number of carbonyl (C=O) groups is 2. The van der Waals surface area contributed by atoms with Gasteiger partial charge in [-0.2, -0.15) is 0 Å². The molecule has 0 saturated carbocycles. The number of rotatable bonds is 39. The SMILES string of the molecule is CCCCC/C=C\C/C=C\CCCCCCCCCC(=O)OC[C@H](COP(=O)(O)OCCN)OC(=O)CCC/C=C\C/C=C\C/C=C\CC1OC1CCCCC. The van der Waals surface area contributed by atoms with Gasteiger partial charge in [0.15, 0.2) is 6.10 Å². The molecule has 0 bridgehead atoms. The molecule has 0 radical (unpaired) electrons. The maximum Gasteiger partial charge on any atom is 0.472 e. The summed E-state index contributed by atoms with van der Waals surface area (Å²) < 4.78 is 38.4. The average Bonchev–Trinajstić information content (AvgIpc) is 3.94. The third-order valence-corrected chi connectivity index (χ3v) is 10.3. The summed E-state index contributed by atoms with van der Waals surface area (Å²) in [6.45, 7) is 3.59. The molecule has 1 heterocycles. The minimum absolute atomic E-state index is 0.0391. The summed E-state index contributed by atoms with van der Waals surface area (Å²) in [6, 6.07) is 0. The summed E-state index contributed by atoms with van der Waals surface area (Å²) in [4.78, 5) is 34.9. The van der Waals surface area contributed by atoms with Crippen molar-refractivity contribution in [1.82, 2.24) is 0 Å². The molecule has 56 heavy (non-hydrogen) atoms. The van der Waals surface area contributed by atoms with Crippen LogP contribution in [-0.2, 0) is 37.4 Å². The van der Waals surface area contributed by atoms with Gasteiger partial charge in [0, 0.05) is 19.4 Å². The van der Waals surface area contributed by atoms with E-state index in [4.69, 9.17) is 29.0 Å². The molecule has 11 heteroatoms. The summed E-state index contributed by atoms with van der Waals surface area (Å²) >= 11 is 0. The Bertz CT molecular complexity index is 1170. The Balaban J connectivity index is 2.22. The third kappa shape index (κ3) is 33.8. The number of unbranched alkanes of at least 4 members (excludes halogenated alkanes) is 13. The van der Waals surface area contributed by atoms with Crippen molar-refractivity contribution < 1.29 is 42.3 Å². The molecule has 1 aliphatic heterocycles. The van der Waals surface area contributed by atoms with E-state index in [9.17, 15) is 19.0 Å². The molecule has 0 aromatic carbocycles. The molecular weight excluding hydrogens is 729 g/mol. The van der Waals surface area contributed by atoms with Gasteiger partial charge in [0.1, 0.15) is 6.61 Å². The zero-order valence-electron chi connectivity index (χ0n) is 35.0. The van der Waals surface area contributed by atoms with Crippen molar-refractivity contribution in [2.75, 3.05) is 26.4 Å². The quantitative estimate of drug-likeness (QED) is 0.0202. The topological polar surface area (TPSA) is 147 Å². The van der Waals surface area contributed by atoms with E-state index in [2.05, 4.69) is 68.5 Å². The predicted octanol–water partition coefficient (Wildman–Crippen LogP) is 11.5. The second-order valence-electron chi connectivity index (χ2n) is 14.6. The Kier molecular flexibility index (Phi) is 34.1. The van der Waals surface area contributed by atoms with Crippen LogP contribution in [0.3, 0.4) is 0 Å². The van der Waals surface area contributed by atoms with E-state index < -0.39 is 32.5 Å². The fourth-order valence-electron chi connectivity index (χ4n) is 5.93. The minimum atomic E-state index is -4.40. The van der Waals surface area contributed by atoms with Gasteiger partial charge in [-0.05, 0) is 77.0 Å². The first-order valence-corrected chi connectivity index (χ1v) is 23.4. The van der Waals surface area contributed by atoms with Gasteiger partial charge in [0.2, 0.25) is 0 Å². The fourth-order valence-corrected chi connectivity index (χ4v) is 6.69. The number of nitrogens with two attached hydrogens (primary N) is 1. The molecule has 3 unspecified atom stereocenters. The Morgan fingerprint density at radius 3 is 1.82 bits per heavy atom. The van der Waals surface area contributed by atoms with Gasteiger partial charge in [-0.15, -0.1) is 0 Å². The molecule has 1 fully saturated rings. The van der Waals surface area contributed by atoms with Gasteiger partial charge in [0.25, 0.3) is 0 Å². The summed E-state index contributed by atoms with van der Waals surface area (Å²) in [5.74, 6) is -0.912. The van der Waals surface area contributed by atoms with Crippen molar-refractivity contribution in [3.8, 4) is 0 Å². The molecule has 322 valence electrons. The van der Waals surface area contributed by atoms with Crippen LogP contribution in [0.25, 0.3) is 0 Å². The minimum Gasteiger partial charge on any atom is -0.462 e. The molecule has 0 spiro atoms. The van der Waals surface area contributed by atoms with E-state index in [1.165, 1.54) is 70.6 Å². The van der Waals surface area contributed by atoms with Gasteiger partial charge in [-0.3, -0.25) is 18.6 Å². The molecule has 1 aliphatic rings. The van der Waals surface area contributed by atoms with Crippen molar-refractivity contribution in [2.45, 2.75) is 186 Å². The van der Waals surface area contributed by atoms with Gasteiger partial charge in [0.05, 0.1) is 25.4 Å². The number of phosphoric ester groups is 1. The first-order chi connectivity index (χ1) is 27.3. The largest absolute Gasteiger partial charge is 0.472 e. The molecule has 1 saturated heterocycles. The second kappa shape index (κ2) is 37.0. The molecule has 3 N–H and O–H groups in total. The normalized spacial score (nSPS) is 17.5. The highest BCUT2D eigenvalue weighted by atomic mass is 31.2. The molecule has 4 atom stereocenters. The molecule has 0 amide bonds. The van der Waals surface area contributed by atoms with Crippen molar-refractivity contribution in [1.29, 1.82) is 0 Å². The molecular formula is C45H78NO9P. The van der Waals surface area contributed by atoms with Crippen LogP contribution < -0.4 is 5.73 Å². The lowest BCUT2D eigenvalue weighted by atomic mass is 10.1. The number of carbonyl (C=O) groups excluding carboxylic acids is 2. The lowest BCUT2D eigenvalue weighted by Gasteiger charge is -2.19. The number of hydrogen-bond donors (Lipinski definition) is 2. The Hall–Kier alpha value is -2.33. The Labute approximate surface area is 340 Å². The first-order valence-electron chi connectivity index (χ1n) is 21.9. The molecule has 0 aliphatic carbocycles. The molecule has 1 rings (SSSR count). The van der Waals surface area contributed by atoms with Crippen LogP contribution in [0.5, 0.6) is 0 Å². The molecule has 0 aromatic rings. The van der Waals surface area contributed by atoms with Crippen LogP contribution in [0.1, 0.15) is 168 Å². The maximum absolute atomic E-state index is 12.6. The van der Waals surface area contributed by atoms with Crippen molar-refractivity contribution in [3.05, 3.63) is 60.8 Å². The summed E-state index contributed by atoms with van der Waals surface area (Å²) in [6.07, 6.45) is 45.7. The number of epoxide rings is 1. The number of hydrogen-bond acceptors (Lipinski definition) is 9. The van der Waals surface area contributed by atoms with E-state index in [1.54, 1.807) is 0 Å². The van der Waals surface area contributed by atoms with E-state index in [0.29, 0.717) is 31.5 Å². The predicted molar refractivity (Wildman–Crippen MR) is 228 cm³/mol. The van der Waals surface area contributed by atoms with E-state index in [-0.39, 0.29) is 32.6 Å². The van der Waals surface area contributed by atoms with Crippen LogP contribution in [0, 0.1) is 0 Å². The monoisotopic (exact) mass is 808 g/mol. The Morgan fingerprint density at radius 1 is 0.643 bits per heavy atom. The van der Waals surface area contributed by atoms with Crippen LogP contribution in [0.2, 0.25) is 0 Å². The highest BCUT2D eigenvalue weighted by Gasteiger charge is 2.36. The first kappa shape index (κ1) is 51.7. The maximum atomic E-state index is 12.6. The van der Waals surface area contributed by atoms with Gasteiger partial charge >= 0.3 is 19.8 Å². The smallest absolute Gasteiger partial charge is 0.462 e. The lowest BCUT2D eigenvalue weighted by molar-refractivity contribution is -0.161. The van der Waals surface area contributed by atoms with Crippen molar-refractivity contribution in [2.24, 2.45) is 5.73 Å². The summed E-state index contributed by atoms with van der Waals surface area (Å²) in [7, 11) is -4.40. The number of allylic oxidation sites excluding steroid dienone is 9. The standard InChI is InChI=1S/C45H78NO9P/c1-3-5-7-8-9-10-11-12-13-14-15-16-17-21-24-27-31-35-44(47)51-39-41(40-53-56(49,50)52-38-37-46)54-45(48)36-32-28-25-22-19-18-20-23-26-30-34-43-42(55-43)33-29-6-4-2/h9-10,12-13,18,20,22,25-26,30,41-43H,3-8,11,14-17,19,21,23-24,27-29,31-40,46H2,1-2H3,(H,49,50)/b10-9-,13-12-,20-18-,25-22-,30-26-/t41-,42?,43?/m1/s1. The lowest BCUT2D eigenvalue weighted by Crippen LogP contribution is -2.29. The van der Waals surface area contributed by atoms with Crippen molar-refractivity contribution >= 4 is 19.8 Å². The van der Waals surface area contributed by atoms with Crippen LogP contribution in [0.4, 0.5) is 0 Å². The summed E-state index contributed by atoms with van der Waals surface area (Å²) in [5.41, 5.74) is 5.34. The zero-order chi connectivity index (χ0) is 40.8. The van der Waals surface area contributed by atoms with E-state index in [1.807, 2.05) is 6.08 Å². The summed E-state index contributed by atoms with van der Waals surface area (Å²) in [5, 5.41) is 0. The number of ether oxygens (including phenoxy) is 3. The van der Waals surface area contributed by atoms with Crippen LogP contribution in [-0.4, -0.2) is 61.5 Å². The number of phosphoric acid groups is 1. The average molecular weight is 808 g/mol. The number of esters is 2. The van der Waals surface area contributed by atoms with Crippen molar-refractivity contribution in [3.63, 3.8) is 0 Å². The Morgan fingerprint density at radius 2 is 1.18 bits per heavy atom. The van der Waals surface area contributed by atoms with Gasteiger partial charge in [-0.1, -0.05) is 139 Å². The van der Waals surface area contributed by atoms with Crippen LogP contribution >= 0.6 is 7.82 Å². The van der Waals surface area contributed by atoms with E-state index >= 15 is 0 Å². The highest BCUT2D eigenvalue weighted by molar-refractivity contribution is 7.47. The molecule has 10 nitrogen and oxygen atoms in total. The third-order valence-electron chi connectivity index (χ3n) is 9.30. The van der Waals surface area contributed by atoms with Crippen LogP contribution in [0.15, 0.2) is 60.8 Å². The van der Waals surface area contributed by atoms with Gasteiger partial charge < -0.3 is 24.8 Å². The van der Waals surface area contributed by atoms with Gasteiger partial charge in [-0.25, -0.2) is 4.57 Å². The van der Waals surface area contributed by atoms with E-state index in [0.717, 1.165) is 51.4 Å². The second-order valence-corrected chi connectivity index (χ2v) is 16.0. The highest BCUT2D eigenvalue weighted by Crippen LogP contribution is 2.43. The zero-order valence-corrected chi connectivity index (χ0v) is 35.9. The molecule has 0 aromatic heterocycles.